The Labute approximate surface area is 163 Å². The van der Waals surface area contributed by atoms with Crippen molar-refractivity contribution in [3.05, 3.63) is 46.7 Å². The van der Waals surface area contributed by atoms with E-state index in [9.17, 15) is 4.79 Å². The molecule has 2 aliphatic rings. The third-order valence-electron chi connectivity index (χ3n) is 4.30. The molecule has 144 valence electrons. The van der Waals surface area contributed by atoms with E-state index in [1.807, 2.05) is 32.6 Å². The number of allylic oxidation sites excluding steroid dienone is 2. The number of nitrogens with zero attached hydrogens (tertiary/aromatic N) is 1. The number of para-hydroxylation sites is 1. The Bertz CT molecular complexity index is 602. The molecule has 0 spiro atoms. The molecule has 0 bridgehead atoms. The van der Waals surface area contributed by atoms with Gasteiger partial charge in [-0.1, -0.05) is 52.0 Å². The Morgan fingerprint density at radius 1 is 1.12 bits per heavy atom. The first-order valence-electron chi connectivity index (χ1n) is 9.85. The Morgan fingerprint density at radius 3 is 2.35 bits per heavy atom. The van der Waals surface area contributed by atoms with Crippen LogP contribution in [0.3, 0.4) is 0 Å². The van der Waals surface area contributed by atoms with Gasteiger partial charge in [-0.25, -0.2) is 0 Å². The van der Waals surface area contributed by atoms with Crippen molar-refractivity contribution in [2.24, 2.45) is 0 Å². The summed E-state index contributed by atoms with van der Waals surface area (Å²) in [5, 5.41) is 8.07. The van der Waals surface area contributed by atoms with Crippen LogP contribution in [0.1, 0.15) is 59.4 Å². The predicted octanol–water partition coefficient (Wildman–Crippen LogP) is 6.15. The number of benzene rings is 1. The molecule has 26 heavy (non-hydrogen) atoms. The number of thioether (sulfide) groups is 1. The average molecular weight is 375 g/mol. The number of carbonyl (C=O) groups is 1. The quantitative estimate of drug-likeness (QED) is 0.688. The monoisotopic (exact) mass is 374 g/mol. The van der Waals surface area contributed by atoms with Crippen LogP contribution in [0.4, 0.5) is 5.69 Å². The molecule has 1 aromatic rings. The Balaban J connectivity index is 0.000000791. The first kappa shape index (κ1) is 22.4. The Hall–Kier alpha value is -1.68. The number of anilines is 1. The zero-order valence-electron chi connectivity index (χ0n) is 16.9. The van der Waals surface area contributed by atoms with Crippen molar-refractivity contribution in [2.75, 3.05) is 18.4 Å². The molecule has 4 heteroatoms. The van der Waals surface area contributed by atoms with Crippen molar-refractivity contribution in [3.63, 3.8) is 0 Å². The number of piperidine rings is 1. The number of likely N-dealkylation sites (tertiary alicyclic amines) is 1. The molecule has 1 amide bonds. The van der Waals surface area contributed by atoms with Crippen LogP contribution in [0.15, 0.2) is 41.2 Å². The van der Waals surface area contributed by atoms with Crippen molar-refractivity contribution in [2.45, 2.75) is 59.9 Å². The van der Waals surface area contributed by atoms with Gasteiger partial charge in [-0.15, -0.1) is 11.8 Å². The maximum absolute atomic E-state index is 11.4. The zero-order valence-corrected chi connectivity index (χ0v) is 17.7. The maximum Gasteiger partial charge on any atom is 0.219 e. The first-order chi connectivity index (χ1) is 12.7. The fraction of sp³-hybridized carbons (Fsp3) is 0.500. The molecule has 0 atom stereocenters. The van der Waals surface area contributed by atoms with E-state index in [-0.39, 0.29) is 5.91 Å². The highest BCUT2D eigenvalue weighted by Gasteiger charge is 2.21. The molecule has 1 saturated heterocycles. The van der Waals surface area contributed by atoms with E-state index in [0.717, 1.165) is 32.4 Å². The van der Waals surface area contributed by atoms with Crippen LogP contribution in [0.25, 0.3) is 5.57 Å². The lowest BCUT2D eigenvalue weighted by molar-refractivity contribution is -0.129. The Morgan fingerprint density at radius 2 is 1.77 bits per heavy atom. The molecule has 2 aliphatic heterocycles. The number of amides is 1. The molecule has 3 nitrogen and oxygen atoms in total. The summed E-state index contributed by atoms with van der Waals surface area (Å²) >= 11 is 1.74. The molecular weight excluding hydrogens is 340 g/mol. The van der Waals surface area contributed by atoms with Gasteiger partial charge >= 0.3 is 0 Å². The van der Waals surface area contributed by atoms with Crippen molar-refractivity contribution in [3.8, 4) is 0 Å². The molecule has 0 saturated carbocycles. The van der Waals surface area contributed by atoms with E-state index in [4.69, 9.17) is 0 Å². The number of carbonyl (C=O) groups excluding carboxylic acids is 1. The third-order valence-corrected chi connectivity index (χ3v) is 5.07. The summed E-state index contributed by atoms with van der Waals surface area (Å²) in [6.45, 7) is 11.4. The second kappa shape index (κ2) is 12.6. The summed E-state index contributed by atoms with van der Waals surface area (Å²) in [6, 6.07) is 8.99. The molecule has 2 heterocycles. The molecular formula is C22H34N2OS. The van der Waals surface area contributed by atoms with Gasteiger partial charge in [-0.3, -0.25) is 4.79 Å². The van der Waals surface area contributed by atoms with Gasteiger partial charge in [-0.2, -0.15) is 0 Å². The number of rotatable bonds is 3. The van der Waals surface area contributed by atoms with Gasteiger partial charge in [0.2, 0.25) is 5.91 Å². The largest absolute Gasteiger partial charge is 0.382 e. The number of hydrogen-bond acceptors (Lipinski definition) is 3. The fourth-order valence-electron chi connectivity index (χ4n) is 3.02. The molecule has 1 fully saturated rings. The van der Waals surface area contributed by atoms with Crippen LogP contribution < -0.4 is 5.32 Å². The molecule has 0 aromatic heterocycles. The maximum atomic E-state index is 11.4. The third kappa shape index (κ3) is 6.56. The van der Waals surface area contributed by atoms with E-state index in [2.05, 4.69) is 46.5 Å². The van der Waals surface area contributed by atoms with Gasteiger partial charge in [0.25, 0.3) is 0 Å². The highest BCUT2D eigenvalue weighted by molar-refractivity contribution is 8.05. The van der Waals surface area contributed by atoms with Crippen LogP contribution in [0.2, 0.25) is 0 Å². The predicted molar refractivity (Wildman–Crippen MR) is 117 cm³/mol. The first-order valence-corrected chi connectivity index (χ1v) is 10.8. The topological polar surface area (TPSA) is 32.3 Å². The highest BCUT2D eigenvalue weighted by Crippen LogP contribution is 2.32. The Kier molecular flexibility index (Phi) is 10.9. The number of nitrogens with one attached hydrogen (secondary N) is 1. The minimum Gasteiger partial charge on any atom is -0.382 e. The van der Waals surface area contributed by atoms with E-state index in [1.165, 1.54) is 16.8 Å². The summed E-state index contributed by atoms with van der Waals surface area (Å²) in [4.78, 5) is 13.4. The van der Waals surface area contributed by atoms with Gasteiger partial charge < -0.3 is 10.2 Å². The lowest BCUT2D eigenvalue weighted by atomic mass is 9.99. The van der Waals surface area contributed by atoms with Crippen molar-refractivity contribution >= 4 is 28.9 Å². The highest BCUT2D eigenvalue weighted by atomic mass is 32.2. The van der Waals surface area contributed by atoms with Crippen LogP contribution in [-0.4, -0.2) is 29.9 Å². The summed E-state index contributed by atoms with van der Waals surface area (Å²) in [7, 11) is 0. The van der Waals surface area contributed by atoms with Crippen LogP contribution >= 0.6 is 11.8 Å². The van der Waals surface area contributed by atoms with Crippen LogP contribution in [0, 0.1) is 0 Å². The summed E-state index contributed by atoms with van der Waals surface area (Å²) in [5.74, 6) is 0.190. The molecule has 0 aliphatic carbocycles. The molecule has 0 radical (unpaired) electrons. The van der Waals surface area contributed by atoms with Crippen molar-refractivity contribution in [1.29, 1.82) is 0 Å². The summed E-state index contributed by atoms with van der Waals surface area (Å²) < 4.78 is 0. The lowest BCUT2D eigenvalue weighted by Crippen LogP contribution is -2.41. The van der Waals surface area contributed by atoms with E-state index >= 15 is 0 Å². The van der Waals surface area contributed by atoms with E-state index in [0.29, 0.717) is 6.04 Å². The van der Waals surface area contributed by atoms with Crippen molar-refractivity contribution in [1.82, 2.24) is 4.90 Å². The van der Waals surface area contributed by atoms with Crippen molar-refractivity contribution < 1.29 is 4.79 Å². The van der Waals surface area contributed by atoms with Gasteiger partial charge in [-0.05, 0) is 41.7 Å². The molecule has 1 N–H and O–H groups in total. The minimum absolute atomic E-state index is 0.190. The SMILES string of the molecule is CC.CC.CC(=O)N1CCC(Nc2ccccc2C2=CSC=CC2)CC1. The van der Waals surface area contributed by atoms with Crippen LogP contribution in [-0.2, 0) is 4.79 Å². The van der Waals surface area contributed by atoms with E-state index in [1.54, 1.807) is 18.7 Å². The molecule has 3 rings (SSSR count). The second-order valence-electron chi connectivity index (χ2n) is 5.83. The smallest absolute Gasteiger partial charge is 0.219 e. The van der Waals surface area contributed by atoms with Gasteiger partial charge in [0.1, 0.15) is 0 Å². The lowest BCUT2D eigenvalue weighted by Gasteiger charge is -2.32. The van der Waals surface area contributed by atoms with Crippen LogP contribution in [0.5, 0.6) is 0 Å². The summed E-state index contributed by atoms with van der Waals surface area (Å²) in [6.07, 6.45) is 5.24. The summed E-state index contributed by atoms with van der Waals surface area (Å²) in [5.41, 5.74) is 3.89. The zero-order chi connectivity index (χ0) is 19.4. The van der Waals surface area contributed by atoms with Gasteiger partial charge in [0.15, 0.2) is 0 Å². The fourth-order valence-corrected chi connectivity index (χ4v) is 3.69. The van der Waals surface area contributed by atoms with Gasteiger partial charge in [0, 0.05) is 37.3 Å². The minimum atomic E-state index is 0.190. The van der Waals surface area contributed by atoms with Gasteiger partial charge in [0.05, 0.1) is 0 Å². The second-order valence-corrected chi connectivity index (χ2v) is 6.61. The average Bonchev–Trinajstić information content (AvgIpc) is 2.72. The molecule has 1 aromatic carbocycles. The normalized spacial score (nSPS) is 16.5. The standard InChI is InChI=1S/C18H22N2OS.2C2H6/c1-14(21)20-10-8-16(9-11-20)19-18-7-3-2-6-17(18)15-5-4-12-22-13-15;2*1-2/h2-4,6-7,12-13,16,19H,5,8-11H2,1H3;2*1-2H3. The molecule has 0 unspecified atom stereocenters. The number of hydrogen-bond donors (Lipinski definition) is 1. The van der Waals surface area contributed by atoms with E-state index < -0.39 is 0 Å².